The molecular formula is C13H14N2O4. The van der Waals surface area contributed by atoms with Gasteiger partial charge in [-0.1, -0.05) is 20.4 Å². The third-order valence-corrected chi connectivity index (χ3v) is 3.00. The van der Waals surface area contributed by atoms with Gasteiger partial charge in [-0.05, 0) is 18.1 Å². The molecule has 0 aliphatic carbocycles. The van der Waals surface area contributed by atoms with Crippen molar-refractivity contribution in [2.75, 3.05) is 5.06 Å². The van der Waals surface area contributed by atoms with Gasteiger partial charge in [0, 0.05) is 12.1 Å². The van der Waals surface area contributed by atoms with E-state index in [0.717, 1.165) is 0 Å². The van der Waals surface area contributed by atoms with Gasteiger partial charge in [0.05, 0.1) is 16.2 Å². The van der Waals surface area contributed by atoms with Gasteiger partial charge in [0.1, 0.15) is 6.04 Å². The summed E-state index contributed by atoms with van der Waals surface area (Å²) in [6, 6.07) is 5.61. The Bertz CT molecular complexity index is 536. The van der Waals surface area contributed by atoms with Crippen LogP contribution in [0.5, 0.6) is 0 Å². The topological polar surface area (TPSA) is 72.7 Å². The summed E-state index contributed by atoms with van der Waals surface area (Å²) in [5.41, 5.74) is 0.985. The number of non-ortho nitro benzene ring substituents is 1. The van der Waals surface area contributed by atoms with Gasteiger partial charge in [-0.25, -0.2) is 4.79 Å². The van der Waals surface area contributed by atoms with Crippen molar-refractivity contribution >= 4 is 17.3 Å². The number of benzene rings is 1. The van der Waals surface area contributed by atoms with E-state index in [0.29, 0.717) is 11.3 Å². The zero-order valence-electron chi connectivity index (χ0n) is 10.7. The van der Waals surface area contributed by atoms with Crippen LogP contribution in [0.1, 0.15) is 13.8 Å². The quantitative estimate of drug-likeness (QED) is 0.475. The molecule has 0 amide bonds. The second-order valence-corrected chi connectivity index (χ2v) is 4.69. The lowest BCUT2D eigenvalue weighted by Gasteiger charge is -2.25. The van der Waals surface area contributed by atoms with Crippen molar-refractivity contribution in [2.45, 2.75) is 19.9 Å². The number of rotatable bonds is 3. The van der Waals surface area contributed by atoms with Crippen LogP contribution < -0.4 is 5.06 Å². The first kappa shape index (κ1) is 13.1. The van der Waals surface area contributed by atoms with Gasteiger partial charge < -0.3 is 4.84 Å². The summed E-state index contributed by atoms with van der Waals surface area (Å²) in [6.45, 7) is 7.64. The Labute approximate surface area is 110 Å². The summed E-state index contributed by atoms with van der Waals surface area (Å²) in [6.07, 6.45) is 0. The van der Waals surface area contributed by atoms with Crippen LogP contribution in [0.2, 0.25) is 0 Å². The molecule has 0 radical (unpaired) electrons. The number of nitrogens with zero attached hydrogens (tertiary/aromatic N) is 2. The molecule has 1 saturated heterocycles. The van der Waals surface area contributed by atoms with Crippen LogP contribution in [0.4, 0.5) is 11.4 Å². The van der Waals surface area contributed by atoms with Crippen molar-refractivity contribution in [2.24, 2.45) is 5.92 Å². The Morgan fingerprint density at radius 1 is 1.37 bits per heavy atom. The van der Waals surface area contributed by atoms with Gasteiger partial charge in [-0.3, -0.25) is 10.1 Å². The van der Waals surface area contributed by atoms with E-state index in [2.05, 4.69) is 6.58 Å². The Morgan fingerprint density at radius 2 is 1.95 bits per heavy atom. The molecule has 0 spiro atoms. The number of nitro benzene ring substituents is 1. The first-order chi connectivity index (χ1) is 8.91. The van der Waals surface area contributed by atoms with E-state index >= 15 is 0 Å². The van der Waals surface area contributed by atoms with Gasteiger partial charge in [0.25, 0.3) is 5.69 Å². The highest BCUT2D eigenvalue weighted by atomic mass is 16.7. The Kier molecular flexibility index (Phi) is 3.25. The van der Waals surface area contributed by atoms with Gasteiger partial charge in [0.15, 0.2) is 0 Å². The van der Waals surface area contributed by atoms with Gasteiger partial charge in [0.2, 0.25) is 0 Å². The number of carbonyl (C=O) groups is 1. The number of hydroxylamine groups is 1. The van der Waals surface area contributed by atoms with Crippen molar-refractivity contribution in [1.29, 1.82) is 0 Å². The van der Waals surface area contributed by atoms with Crippen LogP contribution in [0.15, 0.2) is 36.4 Å². The Morgan fingerprint density at radius 3 is 2.42 bits per heavy atom. The van der Waals surface area contributed by atoms with E-state index in [4.69, 9.17) is 4.84 Å². The zero-order chi connectivity index (χ0) is 14.2. The Balaban J connectivity index is 2.32. The second kappa shape index (κ2) is 4.72. The van der Waals surface area contributed by atoms with Crippen LogP contribution in [0.25, 0.3) is 0 Å². The number of nitro groups is 1. The highest BCUT2D eigenvalue weighted by Gasteiger charge is 2.39. The normalized spacial score (nSPS) is 18.9. The molecule has 1 aromatic carbocycles. The SMILES string of the molecule is C=C1C(=O)ON(c2ccc([N+](=O)[O-])cc2)[C@@H]1C(C)C. The molecule has 1 atom stereocenters. The minimum absolute atomic E-state index is 0.00537. The summed E-state index contributed by atoms with van der Waals surface area (Å²) in [5, 5.41) is 12.1. The number of hydrogen-bond acceptors (Lipinski definition) is 5. The number of carbonyl (C=O) groups excluding carboxylic acids is 1. The molecule has 1 aliphatic heterocycles. The lowest BCUT2D eigenvalue weighted by molar-refractivity contribution is -0.384. The molecule has 1 aromatic rings. The minimum Gasteiger partial charge on any atom is -0.335 e. The van der Waals surface area contributed by atoms with Crippen molar-refractivity contribution in [3.63, 3.8) is 0 Å². The van der Waals surface area contributed by atoms with Gasteiger partial charge in [-0.15, -0.1) is 0 Å². The molecule has 100 valence electrons. The standard InChI is InChI=1S/C13H14N2O4/c1-8(2)12-9(3)13(16)19-14(12)10-4-6-11(7-5-10)15(17)18/h4-8,12H,3H2,1-2H3/t12-/m1/s1. The molecular weight excluding hydrogens is 248 g/mol. The number of hydrogen-bond donors (Lipinski definition) is 0. The second-order valence-electron chi connectivity index (χ2n) is 4.69. The minimum atomic E-state index is -0.474. The largest absolute Gasteiger partial charge is 0.360 e. The third kappa shape index (κ3) is 2.29. The third-order valence-electron chi connectivity index (χ3n) is 3.00. The fourth-order valence-electron chi connectivity index (χ4n) is 2.07. The first-order valence-electron chi connectivity index (χ1n) is 5.86. The molecule has 6 heteroatoms. The molecule has 0 saturated carbocycles. The average molecular weight is 262 g/mol. The zero-order valence-corrected chi connectivity index (χ0v) is 10.7. The fraction of sp³-hybridized carbons (Fsp3) is 0.308. The molecule has 0 aromatic heterocycles. The molecule has 19 heavy (non-hydrogen) atoms. The van der Waals surface area contributed by atoms with E-state index in [-0.39, 0.29) is 17.6 Å². The maximum Gasteiger partial charge on any atom is 0.360 e. The van der Waals surface area contributed by atoms with Crippen molar-refractivity contribution < 1.29 is 14.6 Å². The van der Waals surface area contributed by atoms with Crippen molar-refractivity contribution in [3.05, 3.63) is 46.5 Å². The summed E-state index contributed by atoms with van der Waals surface area (Å²) < 4.78 is 0. The van der Waals surface area contributed by atoms with Crippen molar-refractivity contribution in [1.82, 2.24) is 0 Å². The molecule has 0 unspecified atom stereocenters. The van der Waals surface area contributed by atoms with Crippen molar-refractivity contribution in [3.8, 4) is 0 Å². The van der Waals surface area contributed by atoms with Crippen LogP contribution in [0.3, 0.4) is 0 Å². The maximum absolute atomic E-state index is 11.6. The molecule has 2 rings (SSSR count). The lowest BCUT2D eigenvalue weighted by Crippen LogP contribution is -2.33. The molecule has 0 bridgehead atoms. The van der Waals surface area contributed by atoms with E-state index in [9.17, 15) is 14.9 Å². The van der Waals surface area contributed by atoms with Crippen LogP contribution in [-0.4, -0.2) is 16.9 Å². The lowest BCUT2D eigenvalue weighted by atomic mass is 9.97. The Hall–Kier alpha value is -2.37. The summed E-state index contributed by atoms with van der Waals surface area (Å²) in [7, 11) is 0. The molecule has 1 aliphatic rings. The fourth-order valence-corrected chi connectivity index (χ4v) is 2.07. The summed E-state index contributed by atoms with van der Waals surface area (Å²) >= 11 is 0. The molecule has 6 nitrogen and oxygen atoms in total. The van der Waals surface area contributed by atoms with E-state index < -0.39 is 10.9 Å². The van der Waals surface area contributed by atoms with Crippen LogP contribution in [-0.2, 0) is 9.63 Å². The predicted octanol–water partition coefficient (Wildman–Crippen LogP) is 2.45. The van der Waals surface area contributed by atoms with Crippen LogP contribution >= 0.6 is 0 Å². The molecule has 0 N–H and O–H groups in total. The monoisotopic (exact) mass is 262 g/mol. The number of anilines is 1. The van der Waals surface area contributed by atoms with E-state index in [1.54, 1.807) is 12.1 Å². The summed E-state index contributed by atoms with van der Waals surface area (Å²) in [5.74, 6) is -0.328. The predicted molar refractivity (Wildman–Crippen MR) is 69.4 cm³/mol. The van der Waals surface area contributed by atoms with Crippen LogP contribution in [0, 0.1) is 16.0 Å². The smallest absolute Gasteiger partial charge is 0.335 e. The molecule has 1 fully saturated rings. The average Bonchev–Trinajstić information content (AvgIpc) is 2.66. The highest BCUT2D eigenvalue weighted by molar-refractivity contribution is 5.93. The summed E-state index contributed by atoms with van der Waals surface area (Å²) in [4.78, 5) is 26.9. The maximum atomic E-state index is 11.6. The van der Waals surface area contributed by atoms with E-state index in [1.807, 2.05) is 13.8 Å². The van der Waals surface area contributed by atoms with Gasteiger partial charge in [-0.2, -0.15) is 5.06 Å². The molecule has 1 heterocycles. The van der Waals surface area contributed by atoms with Gasteiger partial charge >= 0.3 is 5.97 Å². The van der Waals surface area contributed by atoms with E-state index in [1.165, 1.54) is 17.2 Å². The highest BCUT2D eigenvalue weighted by Crippen LogP contribution is 2.32. The first-order valence-corrected chi connectivity index (χ1v) is 5.86.